The topological polar surface area (TPSA) is 143 Å². The van der Waals surface area contributed by atoms with Gasteiger partial charge in [-0.25, -0.2) is 4.79 Å². The van der Waals surface area contributed by atoms with Gasteiger partial charge in [-0.2, -0.15) is 11.8 Å². The molecule has 1 aromatic rings. The van der Waals surface area contributed by atoms with Crippen molar-refractivity contribution in [2.75, 3.05) is 18.6 Å². The molecule has 11 heteroatoms. The van der Waals surface area contributed by atoms with Crippen LogP contribution in [-0.4, -0.2) is 72.4 Å². The molecule has 0 heterocycles. The first-order valence-corrected chi connectivity index (χ1v) is 17.1. The molecule has 1 rings (SSSR count). The Balaban J connectivity index is -0.00000242. The van der Waals surface area contributed by atoms with Crippen LogP contribution in [0, 0.1) is 17.8 Å². The molecule has 0 spiro atoms. The third-order valence-corrected chi connectivity index (χ3v) is 7.88. The van der Waals surface area contributed by atoms with Crippen LogP contribution in [0.25, 0.3) is 0 Å². The number of ether oxygens (including phenoxy) is 1. The average Bonchev–Trinajstić information content (AvgIpc) is 2.99. The summed E-state index contributed by atoms with van der Waals surface area (Å²) in [6, 6.07) is 5.79. The smallest absolute Gasteiger partial charge is 0.407 e. The molecule has 0 bridgehead atoms. The second-order valence-corrected chi connectivity index (χ2v) is 13.1. The van der Waals surface area contributed by atoms with Gasteiger partial charge < -0.3 is 26.0 Å². The lowest BCUT2D eigenvalue weighted by Gasteiger charge is -2.29. The largest absolute Gasteiger partial charge is 0.449 e. The molecule has 4 amide bonds. The van der Waals surface area contributed by atoms with E-state index in [2.05, 4.69) is 21.3 Å². The van der Waals surface area contributed by atoms with Gasteiger partial charge in [0.1, 0.15) is 18.1 Å². The summed E-state index contributed by atoms with van der Waals surface area (Å²) in [5.41, 5.74) is 0.834. The summed E-state index contributed by atoms with van der Waals surface area (Å²) < 4.78 is 5.22. The fourth-order valence-corrected chi connectivity index (χ4v) is 4.94. The van der Waals surface area contributed by atoms with Crippen molar-refractivity contribution in [3.63, 3.8) is 0 Å². The zero-order valence-electron chi connectivity index (χ0n) is 27.7. The maximum Gasteiger partial charge on any atom is 0.407 e. The van der Waals surface area contributed by atoms with Gasteiger partial charge >= 0.3 is 6.09 Å². The van der Waals surface area contributed by atoms with E-state index in [0.29, 0.717) is 25.0 Å². The molecule has 0 aromatic heterocycles. The van der Waals surface area contributed by atoms with Gasteiger partial charge in [-0.3, -0.25) is 19.2 Å². The van der Waals surface area contributed by atoms with Crippen LogP contribution in [0.15, 0.2) is 30.3 Å². The zero-order valence-corrected chi connectivity index (χ0v) is 28.6. The van der Waals surface area contributed by atoms with Crippen molar-refractivity contribution in [1.82, 2.24) is 21.3 Å². The van der Waals surface area contributed by atoms with E-state index in [1.807, 2.05) is 78.1 Å². The molecule has 0 saturated carbocycles. The molecule has 256 valence electrons. The Morgan fingerprint density at radius 1 is 0.795 bits per heavy atom. The Morgan fingerprint density at radius 3 is 1.95 bits per heavy atom. The molecule has 5 unspecified atom stereocenters. The van der Waals surface area contributed by atoms with E-state index in [4.69, 9.17) is 4.74 Å². The Bertz CT molecular complexity index is 1070. The van der Waals surface area contributed by atoms with Gasteiger partial charge in [-0.15, -0.1) is 0 Å². The third kappa shape index (κ3) is 14.6. The van der Waals surface area contributed by atoms with Crippen LogP contribution in [-0.2, 0) is 30.3 Å². The van der Waals surface area contributed by atoms with Crippen molar-refractivity contribution in [1.29, 1.82) is 0 Å². The van der Waals surface area contributed by atoms with Crippen molar-refractivity contribution in [3.8, 4) is 0 Å². The van der Waals surface area contributed by atoms with Gasteiger partial charge in [0.2, 0.25) is 17.7 Å². The molecule has 44 heavy (non-hydrogen) atoms. The van der Waals surface area contributed by atoms with E-state index in [1.54, 1.807) is 6.92 Å². The van der Waals surface area contributed by atoms with E-state index < -0.39 is 48.0 Å². The molecule has 0 saturated heterocycles. The highest BCUT2D eigenvalue weighted by atomic mass is 32.2. The Hall–Kier alpha value is -3.08. The van der Waals surface area contributed by atoms with E-state index in [0.717, 1.165) is 5.56 Å². The first kappa shape index (κ1) is 38.9. The number of Topliss-reactive ketones (excluding diaryl/α,β-unsaturated/α-hetero) is 1. The SMILES string of the molecule is CCC(=O)C(CC(C)C)NC(=O)C(Cc1ccccc1)NC(=O)C(NC(=O)C(CCSC)NC(=O)OCC(C)C)C(C)CC.[HH].[HH].[HH].[HH]. The number of hydrogen-bond acceptors (Lipinski definition) is 7. The van der Waals surface area contributed by atoms with Gasteiger partial charge in [0, 0.05) is 18.5 Å². The highest BCUT2D eigenvalue weighted by Crippen LogP contribution is 2.13. The maximum absolute atomic E-state index is 13.8. The summed E-state index contributed by atoms with van der Waals surface area (Å²) in [6.07, 6.45) is 3.11. The highest BCUT2D eigenvalue weighted by Gasteiger charge is 2.33. The second kappa shape index (κ2) is 20.8. The first-order chi connectivity index (χ1) is 20.8. The first-order valence-electron chi connectivity index (χ1n) is 15.7. The Kier molecular flexibility index (Phi) is 18.4. The van der Waals surface area contributed by atoms with Crippen LogP contribution in [0.1, 0.15) is 85.4 Å². The number of nitrogens with one attached hydrogen (secondary N) is 4. The lowest BCUT2D eigenvalue weighted by molar-refractivity contribution is -0.134. The van der Waals surface area contributed by atoms with Crippen LogP contribution < -0.4 is 21.3 Å². The second-order valence-electron chi connectivity index (χ2n) is 12.1. The van der Waals surface area contributed by atoms with E-state index >= 15 is 0 Å². The minimum absolute atomic E-state index is 0. The number of rotatable bonds is 20. The average molecular weight is 643 g/mol. The number of alkyl carbamates (subject to hydrolysis) is 1. The summed E-state index contributed by atoms with van der Waals surface area (Å²) >= 11 is 1.53. The summed E-state index contributed by atoms with van der Waals surface area (Å²) in [6.45, 7) is 13.5. The van der Waals surface area contributed by atoms with Gasteiger partial charge in [-0.1, -0.05) is 85.2 Å². The van der Waals surface area contributed by atoms with Gasteiger partial charge in [-0.05, 0) is 48.2 Å². The quantitative estimate of drug-likeness (QED) is 0.152. The Labute approximate surface area is 273 Å². The monoisotopic (exact) mass is 642 g/mol. The number of thioether (sulfide) groups is 1. The van der Waals surface area contributed by atoms with Crippen molar-refractivity contribution >= 4 is 41.4 Å². The van der Waals surface area contributed by atoms with E-state index in [9.17, 15) is 24.0 Å². The molecule has 0 aliphatic heterocycles. The van der Waals surface area contributed by atoms with Crippen LogP contribution in [0.2, 0.25) is 0 Å². The van der Waals surface area contributed by atoms with E-state index in [1.165, 1.54) is 11.8 Å². The number of hydrogen-bond donors (Lipinski definition) is 4. The molecular formula is C33H62N4O6S. The van der Waals surface area contributed by atoms with Gasteiger partial charge in [0.25, 0.3) is 0 Å². The molecule has 0 fully saturated rings. The van der Waals surface area contributed by atoms with Gasteiger partial charge in [0.15, 0.2) is 5.78 Å². The summed E-state index contributed by atoms with van der Waals surface area (Å²) in [5, 5.41) is 11.2. The fraction of sp³-hybridized carbons (Fsp3) is 0.667. The predicted octanol–water partition coefficient (Wildman–Crippen LogP) is 5.24. The lowest BCUT2D eigenvalue weighted by Crippen LogP contribution is -2.59. The number of ketones is 1. The molecule has 5 atom stereocenters. The van der Waals surface area contributed by atoms with Crippen molar-refractivity contribution in [2.45, 2.75) is 105 Å². The highest BCUT2D eigenvalue weighted by molar-refractivity contribution is 7.98. The minimum atomic E-state index is -0.982. The standard InChI is InChI=1S/C33H54N4O6S.4H2/c1-9-23(7)29(37-30(39)25(16-17-44-8)36-33(42)43-20-22(5)6)32(41)35-27(19-24-14-12-11-13-15-24)31(40)34-26(18-21(3)4)28(38)10-2;;;;/h11-15,21-23,25-27,29H,9-10,16-20H2,1-8H3,(H,34,40)(H,35,41)(H,36,42)(H,37,39);4*1H. The number of carbonyl (C=O) groups excluding carboxylic acids is 5. The maximum atomic E-state index is 13.8. The lowest BCUT2D eigenvalue weighted by atomic mass is 9.96. The summed E-state index contributed by atoms with van der Waals surface area (Å²) in [7, 11) is 0. The van der Waals surface area contributed by atoms with Crippen LogP contribution >= 0.6 is 11.8 Å². The van der Waals surface area contributed by atoms with Crippen molar-refractivity contribution in [3.05, 3.63) is 35.9 Å². The molecule has 4 N–H and O–H groups in total. The fourth-order valence-electron chi connectivity index (χ4n) is 4.47. The normalized spacial score (nSPS) is 14.6. The van der Waals surface area contributed by atoms with Crippen LogP contribution in [0.5, 0.6) is 0 Å². The van der Waals surface area contributed by atoms with Crippen molar-refractivity contribution < 1.29 is 34.4 Å². The summed E-state index contributed by atoms with van der Waals surface area (Å²) in [4.78, 5) is 65.9. The molecule has 10 nitrogen and oxygen atoms in total. The molecule has 0 radical (unpaired) electrons. The zero-order chi connectivity index (χ0) is 33.2. The van der Waals surface area contributed by atoms with Crippen LogP contribution in [0.4, 0.5) is 4.79 Å². The molecule has 0 aliphatic carbocycles. The number of carbonyl (C=O) groups is 5. The molecule has 0 aliphatic rings. The Morgan fingerprint density at radius 2 is 1.41 bits per heavy atom. The van der Waals surface area contributed by atoms with Crippen molar-refractivity contribution in [2.24, 2.45) is 17.8 Å². The van der Waals surface area contributed by atoms with Gasteiger partial charge in [0.05, 0.1) is 12.6 Å². The molecular weight excluding hydrogens is 580 g/mol. The molecule has 1 aromatic carbocycles. The number of amides is 4. The van der Waals surface area contributed by atoms with Crippen LogP contribution in [0.3, 0.4) is 0 Å². The van der Waals surface area contributed by atoms with E-state index in [-0.39, 0.29) is 48.7 Å². The minimum Gasteiger partial charge on any atom is -0.449 e. The number of benzene rings is 1. The third-order valence-electron chi connectivity index (χ3n) is 7.24. The summed E-state index contributed by atoms with van der Waals surface area (Å²) in [5.74, 6) is -0.904. The predicted molar refractivity (Wildman–Crippen MR) is 185 cm³/mol.